The predicted molar refractivity (Wildman–Crippen MR) is 96.5 cm³/mol. The Balaban J connectivity index is 1.79. The predicted octanol–water partition coefficient (Wildman–Crippen LogP) is 3.46. The van der Waals surface area contributed by atoms with Gasteiger partial charge in [-0.2, -0.15) is 0 Å². The summed E-state index contributed by atoms with van der Waals surface area (Å²) < 4.78 is 31.6. The largest absolute Gasteiger partial charge is 0.289 e. The molecule has 0 radical (unpaired) electrons. The number of hydrogen-bond donors (Lipinski definition) is 0. The van der Waals surface area contributed by atoms with Crippen molar-refractivity contribution in [3.05, 3.63) is 57.6 Å². The summed E-state index contributed by atoms with van der Waals surface area (Å²) in [5, 5.41) is 2.36. The monoisotopic (exact) mass is 376 g/mol. The van der Waals surface area contributed by atoms with Gasteiger partial charge in [0.2, 0.25) is 0 Å². The Kier molecular flexibility index (Phi) is 4.78. The highest BCUT2D eigenvalue weighted by Crippen LogP contribution is 2.32. The Hall–Kier alpha value is -2.19. The minimum atomic E-state index is -2.61. The molecule has 0 saturated carbocycles. The van der Waals surface area contributed by atoms with Crippen molar-refractivity contribution in [1.29, 1.82) is 0 Å². The van der Waals surface area contributed by atoms with Gasteiger partial charge in [-0.3, -0.25) is 14.3 Å². The van der Waals surface area contributed by atoms with Gasteiger partial charge in [-0.05, 0) is 48.6 Å². The third-order valence-electron chi connectivity index (χ3n) is 4.74. The number of rotatable bonds is 5. The van der Waals surface area contributed by atoms with Gasteiger partial charge in [0, 0.05) is 18.1 Å². The molecular formula is C18H18F2N4OS. The molecule has 1 aromatic carbocycles. The number of fused-ring (bicyclic) bond motifs is 1. The first-order valence-electron chi connectivity index (χ1n) is 8.53. The van der Waals surface area contributed by atoms with E-state index in [4.69, 9.17) is 0 Å². The third-order valence-corrected chi connectivity index (χ3v) is 5.38. The lowest BCUT2D eigenvalue weighted by Crippen LogP contribution is -2.33. The number of para-hydroxylation sites is 1. The van der Waals surface area contributed by atoms with E-state index in [9.17, 15) is 13.6 Å². The smallest absolute Gasteiger partial charge is 0.261 e. The summed E-state index contributed by atoms with van der Waals surface area (Å²) >= 11 is 1.39. The van der Waals surface area contributed by atoms with Crippen LogP contribution in [0, 0.1) is 0 Å². The zero-order valence-electron chi connectivity index (χ0n) is 14.0. The van der Waals surface area contributed by atoms with Crippen LogP contribution in [-0.2, 0) is 13.1 Å². The van der Waals surface area contributed by atoms with E-state index in [1.807, 2.05) is 11.6 Å². The van der Waals surface area contributed by atoms with Gasteiger partial charge < -0.3 is 0 Å². The fraction of sp³-hybridized carbons (Fsp3) is 0.389. The molecule has 1 saturated heterocycles. The summed E-state index contributed by atoms with van der Waals surface area (Å²) in [6, 6.07) is 6.78. The van der Waals surface area contributed by atoms with Crippen LogP contribution in [0.1, 0.15) is 30.3 Å². The summed E-state index contributed by atoms with van der Waals surface area (Å²) in [7, 11) is 0. The number of hydrogen-bond acceptors (Lipinski definition) is 5. The van der Waals surface area contributed by atoms with Crippen molar-refractivity contribution < 1.29 is 8.78 Å². The molecule has 0 spiro atoms. The van der Waals surface area contributed by atoms with Crippen LogP contribution in [-0.4, -0.2) is 31.8 Å². The lowest BCUT2D eigenvalue weighted by molar-refractivity contribution is 0.120. The van der Waals surface area contributed by atoms with Gasteiger partial charge in [-0.25, -0.2) is 18.1 Å². The molecule has 0 aliphatic carbocycles. The highest BCUT2D eigenvalue weighted by molar-refractivity contribution is 7.03. The second kappa shape index (κ2) is 7.20. The Morgan fingerprint density at radius 2 is 2.15 bits per heavy atom. The molecule has 4 rings (SSSR count). The molecule has 3 aromatic rings. The second-order valence-corrected chi connectivity index (χ2v) is 7.11. The van der Waals surface area contributed by atoms with Gasteiger partial charge in [-0.15, -0.1) is 0 Å². The van der Waals surface area contributed by atoms with E-state index in [0.29, 0.717) is 23.3 Å². The minimum Gasteiger partial charge on any atom is -0.289 e. The van der Waals surface area contributed by atoms with Crippen molar-refractivity contribution in [2.75, 3.05) is 6.54 Å². The number of nitrogens with zero attached hydrogens (tertiary/aromatic N) is 4. The molecular weight excluding hydrogens is 358 g/mol. The quantitative estimate of drug-likeness (QED) is 0.684. The summed E-state index contributed by atoms with van der Waals surface area (Å²) in [5.74, 6) is 0.440. The number of alkyl halides is 2. The molecule has 0 N–H and O–H groups in total. The molecule has 2 aromatic heterocycles. The Morgan fingerprint density at radius 3 is 2.92 bits per heavy atom. The molecule has 8 heteroatoms. The van der Waals surface area contributed by atoms with Crippen molar-refractivity contribution in [3.8, 4) is 0 Å². The van der Waals surface area contributed by atoms with Gasteiger partial charge in [0.25, 0.3) is 12.0 Å². The van der Waals surface area contributed by atoms with E-state index in [-0.39, 0.29) is 6.04 Å². The first-order valence-corrected chi connectivity index (χ1v) is 9.37. The number of likely N-dealkylation sites (tertiary alicyclic amines) is 1. The fourth-order valence-corrected chi connectivity index (χ4v) is 4.13. The van der Waals surface area contributed by atoms with E-state index < -0.39 is 18.5 Å². The van der Waals surface area contributed by atoms with Crippen molar-refractivity contribution >= 4 is 22.4 Å². The van der Waals surface area contributed by atoms with Gasteiger partial charge >= 0.3 is 0 Å². The molecule has 136 valence electrons. The van der Waals surface area contributed by atoms with Crippen LogP contribution in [0.5, 0.6) is 0 Å². The molecule has 0 amide bonds. The minimum absolute atomic E-state index is 0.147. The molecule has 1 aliphatic rings. The Bertz CT molecular complexity index is 957. The maximum absolute atomic E-state index is 13.2. The van der Waals surface area contributed by atoms with Gasteiger partial charge in [-0.1, -0.05) is 12.1 Å². The summed E-state index contributed by atoms with van der Waals surface area (Å²) in [5.41, 5.74) is 1.25. The summed E-state index contributed by atoms with van der Waals surface area (Å²) in [4.78, 5) is 19.7. The Morgan fingerprint density at radius 1 is 1.31 bits per heavy atom. The SMILES string of the molecule is O=c1c2ccccc2nc(C2CCCN2Cc2cnsc2)n1CC(F)F. The van der Waals surface area contributed by atoms with E-state index in [1.54, 1.807) is 24.3 Å². The van der Waals surface area contributed by atoms with E-state index >= 15 is 0 Å². The third kappa shape index (κ3) is 3.26. The topological polar surface area (TPSA) is 51.0 Å². The maximum atomic E-state index is 13.2. The highest BCUT2D eigenvalue weighted by atomic mass is 32.1. The molecule has 1 unspecified atom stereocenters. The average molecular weight is 376 g/mol. The van der Waals surface area contributed by atoms with Crippen molar-refractivity contribution in [2.45, 2.75) is 38.4 Å². The first kappa shape index (κ1) is 17.2. The van der Waals surface area contributed by atoms with Crippen LogP contribution < -0.4 is 5.56 Å². The molecule has 1 aliphatic heterocycles. The molecule has 1 fully saturated rings. The second-order valence-electron chi connectivity index (χ2n) is 6.46. The van der Waals surface area contributed by atoms with E-state index in [1.165, 1.54) is 16.1 Å². The fourth-order valence-electron chi connectivity index (χ4n) is 3.60. The number of aromatic nitrogens is 3. The summed E-state index contributed by atoms with van der Waals surface area (Å²) in [6.07, 6.45) is 0.955. The standard InChI is InChI=1S/C18H18F2N4OS/c19-16(20)10-24-17(22-14-5-2-1-4-13(14)18(24)25)15-6-3-7-23(15)9-12-8-21-26-11-12/h1-2,4-5,8,11,15-16H,3,6-7,9-10H2. The van der Waals surface area contributed by atoms with Crippen molar-refractivity contribution in [3.63, 3.8) is 0 Å². The normalized spacial score (nSPS) is 18.2. The zero-order valence-corrected chi connectivity index (χ0v) is 14.8. The van der Waals surface area contributed by atoms with Crippen LogP contribution in [0.2, 0.25) is 0 Å². The lowest BCUT2D eigenvalue weighted by Gasteiger charge is -2.26. The van der Waals surface area contributed by atoms with Crippen LogP contribution >= 0.6 is 11.5 Å². The maximum Gasteiger partial charge on any atom is 0.261 e. The van der Waals surface area contributed by atoms with Crippen LogP contribution in [0.4, 0.5) is 8.78 Å². The zero-order chi connectivity index (χ0) is 18.1. The van der Waals surface area contributed by atoms with Crippen LogP contribution in [0.3, 0.4) is 0 Å². The van der Waals surface area contributed by atoms with Gasteiger partial charge in [0.05, 0.1) is 23.5 Å². The van der Waals surface area contributed by atoms with E-state index in [2.05, 4.69) is 14.3 Å². The molecule has 26 heavy (non-hydrogen) atoms. The highest BCUT2D eigenvalue weighted by Gasteiger charge is 2.31. The average Bonchev–Trinajstić information content (AvgIpc) is 3.29. The lowest BCUT2D eigenvalue weighted by atomic mass is 10.1. The van der Waals surface area contributed by atoms with Crippen LogP contribution in [0.25, 0.3) is 10.9 Å². The molecule has 1 atom stereocenters. The van der Waals surface area contributed by atoms with Crippen molar-refractivity contribution in [1.82, 2.24) is 18.8 Å². The van der Waals surface area contributed by atoms with Crippen LogP contribution in [0.15, 0.2) is 40.6 Å². The number of benzene rings is 1. The Labute approximate surface area is 153 Å². The van der Waals surface area contributed by atoms with E-state index in [0.717, 1.165) is 24.9 Å². The van der Waals surface area contributed by atoms with Gasteiger partial charge in [0.1, 0.15) is 5.82 Å². The first-order chi connectivity index (χ1) is 12.6. The van der Waals surface area contributed by atoms with Crippen molar-refractivity contribution in [2.24, 2.45) is 0 Å². The molecule has 3 heterocycles. The molecule has 5 nitrogen and oxygen atoms in total. The molecule has 0 bridgehead atoms. The summed E-state index contributed by atoms with van der Waals surface area (Å²) in [6.45, 7) is 0.896. The number of halogens is 2. The van der Waals surface area contributed by atoms with Gasteiger partial charge in [0.15, 0.2) is 0 Å².